The number of rotatable bonds is 4. The summed E-state index contributed by atoms with van der Waals surface area (Å²) in [6, 6.07) is 0.651. The van der Waals surface area contributed by atoms with E-state index in [9.17, 15) is 0 Å². The van der Waals surface area contributed by atoms with Gasteiger partial charge in [-0.3, -0.25) is 0 Å². The molecular weight excluding hydrogens is 186 g/mol. The zero-order valence-electron chi connectivity index (χ0n) is 10.7. The monoisotopic (exact) mass is 213 g/mol. The molecule has 1 fully saturated rings. The van der Waals surface area contributed by atoms with E-state index < -0.39 is 0 Å². The van der Waals surface area contributed by atoms with E-state index in [1.807, 2.05) is 0 Å². The van der Waals surface area contributed by atoms with Crippen LogP contribution in [0.4, 0.5) is 0 Å². The van der Waals surface area contributed by atoms with Crippen LogP contribution in [0.25, 0.3) is 0 Å². The van der Waals surface area contributed by atoms with Gasteiger partial charge < -0.3 is 10.4 Å². The molecule has 3 atom stereocenters. The highest BCUT2D eigenvalue weighted by atomic mass is 16.3. The van der Waals surface area contributed by atoms with E-state index >= 15 is 0 Å². The van der Waals surface area contributed by atoms with Crippen molar-refractivity contribution in [3.63, 3.8) is 0 Å². The molecule has 0 aliphatic heterocycles. The van der Waals surface area contributed by atoms with Crippen LogP contribution in [0, 0.1) is 11.8 Å². The molecule has 0 aromatic heterocycles. The molecule has 1 rings (SSSR count). The summed E-state index contributed by atoms with van der Waals surface area (Å²) in [5.41, 5.74) is 0.0831. The predicted octanol–water partition coefficient (Wildman–Crippen LogP) is 2.56. The molecule has 0 heterocycles. The third-order valence-electron chi connectivity index (χ3n) is 3.93. The average molecular weight is 213 g/mol. The van der Waals surface area contributed by atoms with Crippen molar-refractivity contribution >= 4 is 0 Å². The lowest BCUT2D eigenvalue weighted by atomic mass is 9.78. The highest BCUT2D eigenvalue weighted by Crippen LogP contribution is 2.30. The van der Waals surface area contributed by atoms with Crippen LogP contribution in [0.3, 0.4) is 0 Å². The topological polar surface area (TPSA) is 32.3 Å². The first-order chi connectivity index (χ1) is 6.94. The number of nitrogens with one attached hydrogen (secondary N) is 1. The summed E-state index contributed by atoms with van der Waals surface area (Å²) in [7, 11) is 0. The number of aliphatic hydroxyl groups excluding tert-OH is 1. The second-order valence-electron chi connectivity index (χ2n) is 5.97. The first kappa shape index (κ1) is 13.0. The van der Waals surface area contributed by atoms with Gasteiger partial charge in [0.1, 0.15) is 0 Å². The maximum Gasteiger partial charge on any atom is 0.0448 e. The maximum atomic E-state index is 8.99. The fraction of sp³-hybridized carbons (Fsp3) is 1.00. The van der Waals surface area contributed by atoms with Crippen LogP contribution in [-0.4, -0.2) is 23.3 Å². The molecule has 2 nitrogen and oxygen atoms in total. The van der Waals surface area contributed by atoms with Gasteiger partial charge in [0, 0.05) is 18.2 Å². The molecule has 1 saturated carbocycles. The van der Waals surface area contributed by atoms with E-state index in [0.29, 0.717) is 6.04 Å². The van der Waals surface area contributed by atoms with Crippen LogP contribution in [0.5, 0.6) is 0 Å². The van der Waals surface area contributed by atoms with Crippen molar-refractivity contribution in [3.05, 3.63) is 0 Å². The van der Waals surface area contributed by atoms with Crippen LogP contribution in [0.2, 0.25) is 0 Å². The van der Waals surface area contributed by atoms with E-state index in [1.165, 1.54) is 19.3 Å². The van der Waals surface area contributed by atoms with E-state index in [-0.39, 0.29) is 12.1 Å². The first-order valence-corrected chi connectivity index (χ1v) is 6.33. The van der Waals surface area contributed by atoms with Crippen LogP contribution in [0.15, 0.2) is 0 Å². The normalized spacial score (nSPS) is 33.0. The van der Waals surface area contributed by atoms with Gasteiger partial charge in [-0.25, -0.2) is 0 Å². The Hall–Kier alpha value is -0.0800. The van der Waals surface area contributed by atoms with Crippen molar-refractivity contribution in [3.8, 4) is 0 Å². The lowest BCUT2D eigenvalue weighted by Gasteiger charge is -2.38. The second kappa shape index (κ2) is 5.31. The zero-order chi connectivity index (χ0) is 11.5. The minimum absolute atomic E-state index is 0.0831. The van der Waals surface area contributed by atoms with Crippen LogP contribution >= 0.6 is 0 Å². The Bertz CT molecular complexity index is 191. The lowest BCUT2D eigenvalue weighted by Crippen LogP contribution is -2.48. The van der Waals surface area contributed by atoms with Crippen molar-refractivity contribution < 1.29 is 5.11 Å². The number of hydrogen-bond acceptors (Lipinski definition) is 2. The van der Waals surface area contributed by atoms with E-state index in [2.05, 4.69) is 33.0 Å². The zero-order valence-corrected chi connectivity index (χ0v) is 10.7. The predicted molar refractivity (Wildman–Crippen MR) is 64.9 cm³/mol. The Balaban J connectivity index is 2.39. The fourth-order valence-electron chi connectivity index (χ4n) is 2.58. The van der Waals surface area contributed by atoms with Crippen LogP contribution < -0.4 is 5.32 Å². The number of aliphatic hydroxyl groups is 1. The van der Waals surface area contributed by atoms with Gasteiger partial charge in [0.2, 0.25) is 0 Å². The van der Waals surface area contributed by atoms with Gasteiger partial charge in [0.15, 0.2) is 0 Å². The smallest absolute Gasteiger partial charge is 0.0448 e. The Morgan fingerprint density at radius 1 is 1.20 bits per heavy atom. The molecule has 0 aromatic rings. The quantitative estimate of drug-likeness (QED) is 0.752. The Kier molecular flexibility index (Phi) is 4.60. The summed E-state index contributed by atoms with van der Waals surface area (Å²) in [6.45, 7) is 9.37. The van der Waals surface area contributed by atoms with Gasteiger partial charge in [-0.1, -0.05) is 13.8 Å². The second-order valence-corrected chi connectivity index (χ2v) is 5.97. The highest BCUT2D eigenvalue weighted by Gasteiger charge is 2.28. The fourth-order valence-corrected chi connectivity index (χ4v) is 2.58. The summed E-state index contributed by atoms with van der Waals surface area (Å²) >= 11 is 0. The maximum absolute atomic E-state index is 8.99. The molecule has 0 amide bonds. The third kappa shape index (κ3) is 4.12. The number of hydrogen-bond donors (Lipinski definition) is 2. The molecule has 2 N–H and O–H groups in total. The molecule has 0 aromatic carbocycles. The van der Waals surface area contributed by atoms with Gasteiger partial charge in [-0.15, -0.1) is 0 Å². The van der Waals surface area contributed by atoms with Crippen molar-refractivity contribution in [2.45, 2.75) is 65.0 Å². The third-order valence-corrected chi connectivity index (χ3v) is 3.93. The Morgan fingerprint density at radius 3 is 2.40 bits per heavy atom. The minimum Gasteiger partial charge on any atom is -0.396 e. The Labute approximate surface area is 94.5 Å². The summed E-state index contributed by atoms with van der Waals surface area (Å²) in [6.07, 6.45) is 4.76. The van der Waals surface area contributed by atoms with Gasteiger partial charge in [-0.05, 0) is 51.4 Å². The van der Waals surface area contributed by atoms with E-state index in [1.54, 1.807) is 0 Å². The van der Waals surface area contributed by atoms with Crippen LogP contribution in [-0.2, 0) is 0 Å². The molecule has 0 bridgehead atoms. The largest absolute Gasteiger partial charge is 0.396 e. The van der Waals surface area contributed by atoms with Crippen LogP contribution in [0.1, 0.15) is 53.4 Å². The summed E-state index contributed by atoms with van der Waals surface area (Å²) in [5.74, 6) is 1.71. The van der Waals surface area contributed by atoms with Gasteiger partial charge >= 0.3 is 0 Å². The molecule has 90 valence electrons. The highest BCUT2D eigenvalue weighted by molar-refractivity contribution is 4.86. The van der Waals surface area contributed by atoms with E-state index in [4.69, 9.17) is 5.11 Å². The van der Waals surface area contributed by atoms with Gasteiger partial charge in [0.25, 0.3) is 0 Å². The first-order valence-electron chi connectivity index (χ1n) is 6.33. The van der Waals surface area contributed by atoms with Crippen molar-refractivity contribution in [2.24, 2.45) is 11.8 Å². The molecule has 0 radical (unpaired) electrons. The van der Waals surface area contributed by atoms with Gasteiger partial charge in [0.05, 0.1) is 0 Å². The van der Waals surface area contributed by atoms with Crippen molar-refractivity contribution in [1.82, 2.24) is 5.32 Å². The molecule has 1 aliphatic carbocycles. The van der Waals surface area contributed by atoms with Gasteiger partial charge in [-0.2, -0.15) is 0 Å². The van der Waals surface area contributed by atoms with Crippen molar-refractivity contribution in [1.29, 1.82) is 0 Å². The summed E-state index contributed by atoms with van der Waals surface area (Å²) < 4.78 is 0. The molecule has 2 heteroatoms. The molecule has 3 unspecified atom stereocenters. The standard InChI is InChI=1S/C13H27NO/c1-10-5-6-12(9-11(10)2)14-13(3,4)7-8-15/h10-12,14-15H,5-9H2,1-4H3. The average Bonchev–Trinajstić information content (AvgIpc) is 2.10. The Morgan fingerprint density at radius 2 is 1.87 bits per heavy atom. The molecule has 0 saturated heterocycles. The minimum atomic E-state index is 0.0831. The summed E-state index contributed by atoms with van der Waals surface area (Å²) in [5, 5.41) is 12.7. The summed E-state index contributed by atoms with van der Waals surface area (Å²) in [4.78, 5) is 0. The molecule has 15 heavy (non-hydrogen) atoms. The molecule has 1 aliphatic rings. The molecular formula is C13H27NO. The SMILES string of the molecule is CC1CCC(NC(C)(C)CCO)CC1C. The van der Waals surface area contributed by atoms with E-state index in [0.717, 1.165) is 18.3 Å². The lowest BCUT2D eigenvalue weighted by molar-refractivity contribution is 0.170. The van der Waals surface area contributed by atoms with Crippen molar-refractivity contribution in [2.75, 3.05) is 6.61 Å². The molecule has 0 spiro atoms.